The summed E-state index contributed by atoms with van der Waals surface area (Å²) >= 11 is 6.01. The second kappa shape index (κ2) is 6.97. The molecule has 0 saturated carbocycles. The molecule has 2 aliphatic heterocycles. The highest BCUT2D eigenvalue weighted by Gasteiger charge is 2.36. The first-order chi connectivity index (χ1) is 11.1. The average molecular weight is 338 g/mol. The van der Waals surface area contributed by atoms with E-state index in [2.05, 4.69) is 17.3 Å². The maximum Gasteiger partial charge on any atom is 0.322 e. The van der Waals surface area contributed by atoms with Crippen LogP contribution in [0.4, 0.5) is 10.5 Å². The van der Waals surface area contributed by atoms with Crippen molar-refractivity contribution < 1.29 is 9.53 Å². The van der Waals surface area contributed by atoms with E-state index in [9.17, 15) is 4.79 Å². The predicted octanol–water partition coefficient (Wildman–Crippen LogP) is 3.44. The van der Waals surface area contributed by atoms with Crippen LogP contribution < -0.4 is 10.1 Å². The highest BCUT2D eigenvalue weighted by molar-refractivity contribution is 6.30. The third-order valence-corrected chi connectivity index (χ3v) is 5.16. The van der Waals surface area contributed by atoms with Gasteiger partial charge in [0.05, 0.1) is 12.3 Å². The van der Waals surface area contributed by atoms with E-state index in [0.717, 1.165) is 19.5 Å². The van der Waals surface area contributed by atoms with Crippen LogP contribution in [-0.4, -0.2) is 54.7 Å². The highest BCUT2D eigenvalue weighted by atomic mass is 35.5. The van der Waals surface area contributed by atoms with Crippen molar-refractivity contribution in [2.24, 2.45) is 0 Å². The molecule has 3 rings (SSSR count). The number of benzene rings is 1. The van der Waals surface area contributed by atoms with Crippen molar-refractivity contribution in [1.82, 2.24) is 9.80 Å². The number of carbonyl (C=O) groups excluding carboxylic acids is 1. The van der Waals surface area contributed by atoms with E-state index in [1.165, 1.54) is 12.8 Å². The molecule has 2 bridgehead atoms. The lowest BCUT2D eigenvalue weighted by molar-refractivity contribution is 0.200. The summed E-state index contributed by atoms with van der Waals surface area (Å²) in [5.41, 5.74) is 0.670. The number of ether oxygens (including phenoxy) is 1. The Labute approximate surface area is 142 Å². The lowest BCUT2D eigenvalue weighted by Gasteiger charge is -2.26. The second-order valence-electron chi connectivity index (χ2n) is 6.29. The van der Waals surface area contributed by atoms with Crippen molar-refractivity contribution in [3.05, 3.63) is 23.2 Å². The van der Waals surface area contributed by atoms with Crippen molar-refractivity contribution in [1.29, 1.82) is 0 Å². The number of likely N-dealkylation sites (N-methyl/N-ethyl adjacent to an activating group) is 1. The Hall–Kier alpha value is -1.46. The van der Waals surface area contributed by atoms with Gasteiger partial charge in [-0.15, -0.1) is 0 Å². The number of anilines is 1. The zero-order valence-electron chi connectivity index (χ0n) is 13.7. The van der Waals surface area contributed by atoms with Crippen LogP contribution in [0.2, 0.25) is 5.02 Å². The molecule has 2 aliphatic rings. The van der Waals surface area contributed by atoms with Crippen molar-refractivity contribution in [2.75, 3.05) is 32.1 Å². The monoisotopic (exact) mass is 337 g/mol. The van der Waals surface area contributed by atoms with Gasteiger partial charge >= 0.3 is 6.03 Å². The Balaban J connectivity index is 1.69. The Bertz CT molecular complexity index is 581. The van der Waals surface area contributed by atoms with Gasteiger partial charge in [-0.1, -0.05) is 11.6 Å². The number of halogens is 1. The third-order valence-electron chi connectivity index (χ3n) is 4.92. The molecule has 126 valence electrons. The Morgan fingerprint density at radius 2 is 2.13 bits per heavy atom. The molecule has 2 amide bonds. The fraction of sp³-hybridized carbons (Fsp3) is 0.588. The van der Waals surface area contributed by atoms with E-state index < -0.39 is 0 Å². The number of urea groups is 1. The smallest absolute Gasteiger partial charge is 0.322 e. The van der Waals surface area contributed by atoms with Gasteiger partial charge < -0.3 is 15.0 Å². The van der Waals surface area contributed by atoms with E-state index in [0.29, 0.717) is 35.2 Å². The van der Waals surface area contributed by atoms with Gasteiger partial charge in [0.15, 0.2) is 0 Å². The molecule has 2 saturated heterocycles. The van der Waals surface area contributed by atoms with Gasteiger partial charge in [0.2, 0.25) is 0 Å². The van der Waals surface area contributed by atoms with Crippen LogP contribution in [0, 0.1) is 0 Å². The van der Waals surface area contributed by atoms with Crippen molar-refractivity contribution in [3.63, 3.8) is 0 Å². The lowest BCUT2D eigenvalue weighted by atomic mass is 10.1. The summed E-state index contributed by atoms with van der Waals surface area (Å²) in [6, 6.07) is 6.32. The maximum atomic E-state index is 12.7. The molecule has 2 unspecified atom stereocenters. The molecule has 2 heterocycles. The number of carbonyl (C=O) groups is 1. The predicted molar refractivity (Wildman–Crippen MR) is 92.4 cm³/mol. The van der Waals surface area contributed by atoms with E-state index in [4.69, 9.17) is 16.3 Å². The van der Waals surface area contributed by atoms with Crippen LogP contribution in [-0.2, 0) is 0 Å². The molecule has 1 aromatic carbocycles. The lowest BCUT2D eigenvalue weighted by Crippen LogP contribution is -2.41. The summed E-state index contributed by atoms with van der Waals surface area (Å²) in [6.07, 6.45) is 3.47. The van der Waals surface area contributed by atoms with Gasteiger partial charge in [0, 0.05) is 36.3 Å². The molecule has 6 heteroatoms. The number of likely N-dealkylation sites (tertiary alicyclic amines) is 1. The first kappa shape index (κ1) is 16.4. The number of nitrogens with one attached hydrogen (secondary N) is 1. The summed E-state index contributed by atoms with van der Waals surface area (Å²) in [4.78, 5) is 17.0. The van der Waals surface area contributed by atoms with Crippen molar-refractivity contribution in [3.8, 4) is 5.75 Å². The zero-order valence-corrected chi connectivity index (χ0v) is 14.5. The average Bonchev–Trinajstić information content (AvgIpc) is 2.75. The number of fused-ring (bicyclic) bond motifs is 2. The molecular weight excluding hydrogens is 314 g/mol. The minimum absolute atomic E-state index is 0.0609. The van der Waals surface area contributed by atoms with Gasteiger partial charge in [-0.05, 0) is 45.4 Å². The standard InChI is InChI=1S/C17H24ClN3O2/c1-3-23-16-10-12(18)4-7-15(16)19-17(22)21-9-8-13-5-6-14(11-21)20(13)2/h4,7,10,13-14H,3,5-6,8-9,11H2,1-2H3,(H,19,22). The van der Waals surface area contributed by atoms with E-state index >= 15 is 0 Å². The zero-order chi connectivity index (χ0) is 16.4. The molecule has 1 aromatic rings. The third kappa shape index (κ3) is 3.56. The topological polar surface area (TPSA) is 44.8 Å². The fourth-order valence-corrected chi connectivity index (χ4v) is 3.72. The van der Waals surface area contributed by atoms with Gasteiger partial charge in [0.1, 0.15) is 5.75 Å². The quantitative estimate of drug-likeness (QED) is 0.919. The minimum atomic E-state index is -0.0609. The van der Waals surface area contributed by atoms with Crippen LogP contribution in [0.5, 0.6) is 5.75 Å². The summed E-state index contributed by atoms with van der Waals surface area (Å²) in [5.74, 6) is 0.613. The Morgan fingerprint density at radius 1 is 1.35 bits per heavy atom. The number of nitrogens with zero attached hydrogens (tertiary/aromatic N) is 2. The highest BCUT2D eigenvalue weighted by Crippen LogP contribution is 2.31. The van der Waals surface area contributed by atoms with Crippen LogP contribution in [0.25, 0.3) is 0 Å². The van der Waals surface area contributed by atoms with Gasteiger partial charge in [-0.25, -0.2) is 4.79 Å². The van der Waals surface area contributed by atoms with E-state index in [-0.39, 0.29) is 6.03 Å². The Kier molecular flexibility index (Phi) is 4.97. The summed E-state index contributed by atoms with van der Waals surface area (Å²) < 4.78 is 5.57. The molecule has 2 atom stereocenters. The largest absolute Gasteiger partial charge is 0.492 e. The molecule has 5 nitrogen and oxygen atoms in total. The first-order valence-electron chi connectivity index (χ1n) is 8.28. The Morgan fingerprint density at radius 3 is 2.91 bits per heavy atom. The first-order valence-corrected chi connectivity index (χ1v) is 8.66. The van der Waals surface area contributed by atoms with Crippen molar-refractivity contribution >= 4 is 23.3 Å². The molecule has 0 radical (unpaired) electrons. The molecule has 0 spiro atoms. The van der Waals surface area contributed by atoms with Crippen LogP contribution in [0.1, 0.15) is 26.2 Å². The van der Waals surface area contributed by atoms with E-state index in [1.807, 2.05) is 11.8 Å². The second-order valence-corrected chi connectivity index (χ2v) is 6.73. The summed E-state index contributed by atoms with van der Waals surface area (Å²) in [7, 11) is 2.18. The molecule has 1 N–H and O–H groups in total. The molecular formula is C17H24ClN3O2. The van der Waals surface area contributed by atoms with Crippen molar-refractivity contribution in [2.45, 2.75) is 38.3 Å². The van der Waals surface area contributed by atoms with Gasteiger partial charge in [-0.3, -0.25) is 4.90 Å². The van der Waals surface area contributed by atoms with E-state index in [1.54, 1.807) is 18.2 Å². The number of amides is 2. The number of hydrogen-bond acceptors (Lipinski definition) is 3. The van der Waals surface area contributed by atoms with Gasteiger partial charge in [0.25, 0.3) is 0 Å². The minimum Gasteiger partial charge on any atom is -0.492 e. The van der Waals surface area contributed by atoms with Crippen LogP contribution in [0.15, 0.2) is 18.2 Å². The summed E-state index contributed by atoms with van der Waals surface area (Å²) in [5, 5.41) is 3.58. The fourth-order valence-electron chi connectivity index (χ4n) is 3.56. The molecule has 2 fully saturated rings. The molecule has 0 aliphatic carbocycles. The van der Waals surface area contributed by atoms with Gasteiger partial charge in [-0.2, -0.15) is 0 Å². The molecule has 0 aromatic heterocycles. The number of rotatable bonds is 3. The SMILES string of the molecule is CCOc1cc(Cl)ccc1NC(=O)N1CCC2CCC(C1)N2C. The van der Waals surface area contributed by atoms with Crippen LogP contribution >= 0.6 is 11.6 Å². The number of hydrogen-bond donors (Lipinski definition) is 1. The maximum absolute atomic E-state index is 12.7. The molecule has 23 heavy (non-hydrogen) atoms. The normalized spacial score (nSPS) is 24.4. The van der Waals surface area contributed by atoms with Crippen LogP contribution in [0.3, 0.4) is 0 Å². The summed E-state index contributed by atoms with van der Waals surface area (Å²) in [6.45, 7) is 4.03.